The summed E-state index contributed by atoms with van der Waals surface area (Å²) < 4.78 is 42.6. The van der Waals surface area contributed by atoms with E-state index in [4.69, 9.17) is 16.6 Å². The Kier molecular flexibility index (Phi) is 6.82. The first-order valence-corrected chi connectivity index (χ1v) is 12.1. The lowest BCUT2D eigenvalue weighted by molar-refractivity contribution is -0.142. The number of halogens is 3. The van der Waals surface area contributed by atoms with E-state index in [0.717, 1.165) is 4.68 Å². The highest BCUT2D eigenvalue weighted by atomic mass is 19.4. The summed E-state index contributed by atoms with van der Waals surface area (Å²) in [5, 5.41) is 16.2. The van der Waals surface area contributed by atoms with Crippen molar-refractivity contribution in [2.24, 2.45) is 22.8 Å². The quantitative estimate of drug-likeness (QED) is 0.454. The molecule has 1 atom stereocenters. The molecule has 0 spiro atoms. The zero-order valence-corrected chi connectivity index (χ0v) is 20.6. The number of ketones is 1. The molecule has 200 valence electrons. The number of rotatable bonds is 6. The Hall–Kier alpha value is -3.41. The number of nitrogens with zero attached hydrogens (tertiary/aromatic N) is 2. The molecular weight excluding hydrogens is 491 g/mol. The predicted octanol–water partition coefficient (Wildman–Crippen LogP) is 3.53. The Morgan fingerprint density at radius 3 is 2.41 bits per heavy atom. The summed E-state index contributed by atoms with van der Waals surface area (Å²) in [6.45, 7) is 3.63. The number of aromatic nitrogens is 2. The second-order valence-electron chi connectivity index (χ2n) is 10.7. The van der Waals surface area contributed by atoms with Crippen molar-refractivity contribution in [1.29, 1.82) is 0 Å². The second-order valence-corrected chi connectivity index (χ2v) is 10.7. The fourth-order valence-electron chi connectivity index (χ4n) is 5.40. The third-order valence-corrected chi connectivity index (χ3v) is 7.25. The minimum absolute atomic E-state index is 0.0175. The number of carboxylic acid groups (broad SMARTS) is 1. The van der Waals surface area contributed by atoms with Gasteiger partial charge in [-0.15, -0.1) is 0 Å². The van der Waals surface area contributed by atoms with E-state index >= 15 is 0 Å². The first-order chi connectivity index (χ1) is 17.2. The predicted molar refractivity (Wildman–Crippen MR) is 128 cm³/mol. The molecule has 1 saturated carbocycles. The van der Waals surface area contributed by atoms with Crippen molar-refractivity contribution < 1.29 is 32.7 Å². The molecule has 37 heavy (non-hydrogen) atoms. The van der Waals surface area contributed by atoms with E-state index in [0.29, 0.717) is 31.4 Å². The molecule has 1 heterocycles. The Labute approximate surface area is 211 Å². The normalized spacial score (nSPS) is 22.3. The van der Waals surface area contributed by atoms with E-state index < -0.39 is 46.6 Å². The molecule has 12 heteroatoms. The van der Waals surface area contributed by atoms with Crippen LogP contribution in [0.25, 0.3) is 5.69 Å². The lowest BCUT2D eigenvalue weighted by Crippen LogP contribution is -2.41. The molecule has 0 saturated heterocycles. The van der Waals surface area contributed by atoms with Crippen molar-refractivity contribution in [3.8, 4) is 5.69 Å². The highest BCUT2D eigenvalue weighted by Gasteiger charge is 2.45. The zero-order chi connectivity index (χ0) is 27.3. The van der Waals surface area contributed by atoms with Crippen LogP contribution in [0.15, 0.2) is 18.2 Å². The number of hydrogen-bond donors (Lipinski definition) is 4. The molecule has 2 aromatic rings. The number of hydrogen-bond acceptors (Lipinski definition) is 6. The van der Waals surface area contributed by atoms with E-state index in [2.05, 4.69) is 10.4 Å². The number of nitrogens with one attached hydrogen (secondary N) is 1. The van der Waals surface area contributed by atoms with Crippen LogP contribution >= 0.6 is 0 Å². The van der Waals surface area contributed by atoms with Gasteiger partial charge in [0.05, 0.1) is 22.5 Å². The van der Waals surface area contributed by atoms with Crippen LogP contribution in [-0.4, -0.2) is 44.6 Å². The van der Waals surface area contributed by atoms with Crippen molar-refractivity contribution in [2.75, 3.05) is 5.32 Å². The number of Topliss-reactive ketones (excluding diaryl/α,β-unsaturated/α-hetero) is 1. The van der Waals surface area contributed by atoms with E-state index in [1.54, 1.807) is 0 Å². The summed E-state index contributed by atoms with van der Waals surface area (Å²) in [6, 6.07) is 3.31. The van der Waals surface area contributed by atoms with E-state index in [1.165, 1.54) is 18.2 Å². The summed E-state index contributed by atoms with van der Waals surface area (Å²) in [7, 11) is 0. The van der Waals surface area contributed by atoms with Gasteiger partial charge in [-0.25, -0.2) is 4.68 Å². The molecule has 0 bridgehead atoms. The summed E-state index contributed by atoms with van der Waals surface area (Å²) in [5.41, 5.74) is 10.1. The average Bonchev–Trinajstić information content (AvgIpc) is 3.18. The molecule has 1 unspecified atom stereocenters. The molecule has 6 N–H and O–H groups in total. The number of carbonyl (C=O) groups is 3. The maximum atomic E-state index is 13.8. The number of amides is 1. The van der Waals surface area contributed by atoms with Crippen LogP contribution in [0.4, 0.5) is 18.9 Å². The molecule has 1 fully saturated rings. The molecule has 2 aliphatic carbocycles. The van der Waals surface area contributed by atoms with Crippen LogP contribution in [0.5, 0.6) is 0 Å². The van der Waals surface area contributed by atoms with E-state index in [-0.39, 0.29) is 41.7 Å². The fraction of sp³-hybridized carbons (Fsp3) is 0.520. The topological polar surface area (TPSA) is 153 Å². The molecule has 2 aliphatic rings. The lowest BCUT2D eigenvalue weighted by atomic mass is 9.75. The lowest BCUT2D eigenvalue weighted by Gasteiger charge is -2.32. The first kappa shape index (κ1) is 26.6. The number of benzene rings is 1. The largest absolute Gasteiger partial charge is 0.480 e. The first-order valence-electron chi connectivity index (χ1n) is 12.1. The SMILES string of the molecule is CC1(C)CC(=O)c2c(C(F)(F)F)nn(-c3ccc(C(N)=O)c(NC4CCC(C(N)C(=O)O)CC4)c3)c2C1. The second kappa shape index (κ2) is 9.47. The Bertz CT molecular complexity index is 1250. The standard InChI is InChI=1S/C25H30F3N5O4/c1-24(2)10-17-19(18(34)11-24)21(25(26,27)28)32-33(17)14-7-8-15(22(30)35)16(9-14)31-13-5-3-12(4-6-13)20(29)23(36)37/h7-9,12-13,20,31H,3-6,10-11,29H2,1-2H3,(H2,30,35)(H,36,37). The smallest absolute Gasteiger partial charge is 0.435 e. The third kappa shape index (κ3) is 5.34. The highest BCUT2D eigenvalue weighted by Crippen LogP contribution is 2.42. The monoisotopic (exact) mass is 521 g/mol. The van der Waals surface area contributed by atoms with Crippen molar-refractivity contribution in [3.63, 3.8) is 0 Å². The van der Waals surface area contributed by atoms with Gasteiger partial charge in [0.25, 0.3) is 5.91 Å². The molecule has 4 rings (SSSR count). The van der Waals surface area contributed by atoms with Gasteiger partial charge in [-0.3, -0.25) is 14.4 Å². The molecule has 1 aromatic heterocycles. The van der Waals surface area contributed by atoms with Gasteiger partial charge in [0.15, 0.2) is 11.5 Å². The summed E-state index contributed by atoms with van der Waals surface area (Å²) in [4.78, 5) is 36.0. The number of aliphatic carboxylic acids is 1. The van der Waals surface area contributed by atoms with Gasteiger partial charge in [0.1, 0.15) is 6.04 Å². The van der Waals surface area contributed by atoms with Crippen molar-refractivity contribution in [1.82, 2.24) is 9.78 Å². The van der Waals surface area contributed by atoms with Crippen LogP contribution in [0.1, 0.15) is 78.1 Å². The molecular formula is C25H30F3N5O4. The van der Waals surface area contributed by atoms with E-state index in [1.807, 2.05) is 13.8 Å². The number of primary amides is 1. The third-order valence-electron chi connectivity index (χ3n) is 7.25. The number of nitrogens with two attached hydrogens (primary N) is 2. The van der Waals surface area contributed by atoms with Gasteiger partial charge in [0.2, 0.25) is 0 Å². The van der Waals surface area contributed by atoms with Crippen LogP contribution in [-0.2, 0) is 17.4 Å². The maximum Gasteiger partial charge on any atom is 0.435 e. The maximum absolute atomic E-state index is 13.8. The van der Waals surface area contributed by atoms with Gasteiger partial charge >= 0.3 is 12.1 Å². The summed E-state index contributed by atoms with van der Waals surface area (Å²) in [6.07, 6.45) is -2.30. The molecule has 1 amide bonds. The van der Waals surface area contributed by atoms with Gasteiger partial charge in [0, 0.05) is 18.2 Å². The molecule has 0 aliphatic heterocycles. The summed E-state index contributed by atoms with van der Waals surface area (Å²) >= 11 is 0. The van der Waals surface area contributed by atoms with Crippen LogP contribution < -0.4 is 16.8 Å². The van der Waals surface area contributed by atoms with Crippen LogP contribution in [0, 0.1) is 11.3 Å². The number of fused-ring (bicyclic) bond motifs is 1. The Morgan fingerprint density at radius 1 is 1.19 bits per heavy atom. The van der Waals surface area contributed by atoms with Gasteiger partial charge in [-0.2, -0.15) is 18.3 Å². The number of carbonyl (C=O) groups excluding carboxylic acids is 2. The minimum Gasteiger partial charge on any atom is -0.480 e. The van der Waals surface area contributed by atoms with Crippen molar-refractivity contribution in [3.05, 3.63) is 40.7 Å². The fourth-order valence-corrected chi connectivity index (χ4v) is 5.40. The highest BCUT2D eigenvalue weighted by molar-refractivity contribution is 6.00. The summed E-state index contributed by atoms with van der Waals surface area (Å²) in [5.74, 6) is -2.55. The molecule has 9 nitrogen and oxygen atoms in total. The van der Waals surface area contributed by atoms with Crippen molar-refractivity contribution >= 4 is 23.3 Å². The number of alkyl halides is 3. The van der Waals surface area contributed by atoms with Crippen LogP contribution in [0.3, 0.4) is 0 Å². The Balaban J connectivity index is 1.70. The number of anilines is 1. The Morgan fingerprint density at radius 2 is 1.84 bits per heavy atom. The van der Waals surface area contributed by atoms with Crippen molar-refractivity contribution in [2.45, 2.75) is 70.6 Å². The van der Waals surface area contributed by atoms with Gasteiger partial charge in [-0.05, 0) is 61.6 Å². The van der Waals surface area contributed by atoms with Crippen LogP contribution in [0.2, 0.25) is 0 Å². The molecule has 1 aromatic carbocycles. The molecule has 0 radical (unpaired) electrons. The van der Waals surface area contributed by atoms with Gasteiger partial charge < -0.3 is 21.9 Å². The minimum atomic E-state index is -4.81. The number of carboxylic acids is 1. The van der Waals surface area contributed by atoms with E-state index in [9.17, 15) is 27.6 Å². The van der Waals surface area contributed by atoms with Gasteiger partial charge in [-0.1, -0.05) is 13.8 Å². The zero-order valence-electron chi connectivity index (χ0n) is 20.6. The average molecular weight is 522 g/mol.